The van der Waals surface area contributed by atoms with Crippen molar-refractivity contribution in [3.63, 3.8) is 0 Å². The molecule has 2 amide bonds. The zero-order valence-corrected chi connectivity index (χ0v) is 23.9. The molecule has 210 valence electrons. The fourth-order valence-electron chi connectivity index (χ4n) is 3.67. The number of nitrogens with one attached hydrogen (secondary N) is 2. The van der Waals surface area contributed by atoms with E-state index < -0.39 is 0 Å². The number of methoxy groups -OCH3 is 3. The molecule has 12 nitrogen and oxygen atoms in total. The largest absolute Gasteiger partial charge is 0.494 e. The van der Waals surface area contributed by atoms with E-state index in [9.17, 15) is 9.59 Å². The Morgan fingerprint density at radius 1 is 1.02 bits per heavy atom. The zero-order chi connectivity index (χ0) is 28.5. The molecule has 0 atom stereocenters. The van der Waals surface area contributed by atoms with Gasteiger partial charge < -0.3 is 29.6 Å². The van der Waals surface area contributed by atoms with Crippen LogP contribution in [0, 0.1) is 0 Å². The van der Waals surface area contributed by atoms with Gasteiger partial charge in [0, 0.05) is 22.8 Å². The summed E-state index contributed by atoms with van der Waals surface area (Å²) in [5.74, 6) is 1.78. The lowest BCUT2D eigenvalue weighted by Gasteiger charge is -2.14. The molecule has 4 aromatic rings. The van der Waals surface area contributed by atoms with E-state index in [1.807, 2.05) is 31.2 Å². The number of amides is 2. The highest BCUT2D eigenvalue weighted by Gasteiger charge is 2.20. The van der Waals surface area contributed by atoms with Crippen LogP contribution in [0.1, 0.15) is 23.1 Å². The molecule has 0 saturated carbocycles. The second kappa shape index (κ2) is 13.7. The predicted octanol–water partition coefficient (Wildman–Crippen LogP) is 3.81. The van der Waals surface area contributed by atoms with Gasteiger partial charge >= 0.3 is 0 Å². The van der Waals surface area contributed by atoms with Crippen molar-refractivity contribution < 1.29 is 28.5 Å². The van der Waals surface area contributed by atoms with Crippen molar-refractivity contribution in [2.45, 2.75) is 18.6 Å². The fraction of sp³-hybridized carbons (Fsp3) is 0.269. The van der Waals surface area contributed by atoms with E-state index in [1.54, 1.807) is 28.3 Å². The smallest absolute Gasteiger partial charge is 0.251 e. The van der Waals surface area contributed by atoms with Crippen LogP contribution < -0.4 is 29.6 Å². The standard InChI is InChI=1S/C26H28N6O6S2/c1-5-38-18-8-6-17(7-9-18)32-21(30-31-26(32)40-15-22(33)29-25-27-10-11-39-25)14-28-24(34)16-12-19(35-2)23(37-4)20(13-16)36-3/h6-13H,5,14-15H2,1-4H3,(H,28,34)(H,27,29,33). The van der Waals surface area contributed by atoms with Crippen LogP contribution in [0.5, 0.6) is 23.0 Å². The Morgan fingerprint density at radius 3 is 2.35 bits per heavy atom. The fourth-order valence-corrected chi connectivity index (χ4v) is 4.99. The van der Waals surface area contributed by atoms with E-state index in [0.717, 1.165) is 5.69 Å². The average Bonchev–Trinajstić information content (AvgIpc) is 3.64. The molecule has 0 spiro atoms. The molecule has 2 heterocycles. The van der Waals surface area contributed by atoms with Gasteiger partial charge in [0.25, 0.3) is 5.91 Å². The van der Waals surface area contributed by atoms with Crippen molar-refractivity contribution in [2.24, 2.45) is 0 Å². The monoisotopic (exact) mass is 584 g/mol. The highest BCUT2D eigenvalue weighted by molar-refractivity contribution is 7.99. The summed E-state index contributed by atoms with van der Waals surface area (Å²) >= 11 is 2.55. The third-order valence-electron chi connectivity index (χ3n) is 5.45. The van der Waals surface area contributed by atoms with E-state index in [2.05, 4.69) is 25.8 Å². The van der Waals surface area contributed by atoms with Gasteiger partial charge in [-0.3, -0.25) is 14.2 Å². The summed E-state index contributed by atoms with van der Waals surface area (Å²) in [4.78, 5) is 29.6. The molecule has 2 N–H and O–H groups in total. The maximum Gasteiger partial charge on any atom is 0.251 e. The molecule has 40 heavy (non-hydrogen) atoms. The minimum absolute atomic E-state index is 0.0571. The summed E-state index contributed by atoms with van der Waals surface area (Å²) in [5, 5.41) is 17.0. The van der Waals surface area contributed by atoms with Crippen LogP contribution in [-0.4, -0.2) is 65.3 Å². The maximum atomic E-state index is 13.1. The van der Waals surface area contributed by atoms with Crippen LogP contribution in [-0.2, 0) is 11.3 Å². The van der Waals surface area contributed by atoms with Gasteiger partial charge in [0.15, 0.2) is 27.6 Å². The summed E-state index contributed by atoms with van der Waals surface area (Å²) in [6.07, 6.45) is 1.62. The number of hydrogen-bond acceptors (Lipinski definition) is 11. The van der Waals surface area contributed by atoms with Crippen LogP contribution in [0.4, 0.5) is 5.13 Å². The van der Waals surface area contributed by atoms with Crippen molar-refractivity contribution in [3.05, 3.63) is 59.4 Å². The van der Waals surface area contributed by atoms with E-state index in [-0.39, 0.29) is 24.1 Å². The number of aromatic nitrogens is 4. The molecular formula is C26H28N6O6S2. The van der Waals surface area contributed by atoms with Gasteiger partial charge in [-0.2, -0.15) is 0 Å². The second-order valence-corrected chi connectivity index (χ2v) is 9.77. The lowest BCUT2D eigenvalue weighted by molar-refractivity contribution is -0.113. The first-order chi connectivity index (χ1) is 19.5. The SMILES string of the molecule is CCOc1ccc(-n2c(CNC(=O)c3cc(OC)c(OC)c(OC)c3)nnc2SCC(=O)Nc2nccs2)cc1. The van der Waals surface area contributed by atoms with Crippen LogP contribution in [0.3, 0.4) is 0 Å². The Balaban J connectivity index is 1.55. The Labute approximate surface area is 239 Å². The summed E-state index contributed by atoms with van der Waals surface area (Å²) in [7, 11) is 4.45. The Bertz CT molecular complexity index is 1420. The van der Waals surface area contributed by atoms with E-state index >= 15 is 0 Å². The number of nitrogens with zero attached hydrogens (tertiary/aromatic N) is 4. The normalized spacial score (nSPS) is 10.6. The van der Waals surface area contributed by atoms with Gasteiger partial charge in [-0.15, -0.1) is 21.5 Å². The van der Waals surface area contributed by atoms with Gasteiger partial charge in [-0.05, 0) is 43.3 Å². The molecule has 2 aromatic carbocycles. The average molecular weight is 585 g/mol. The van der Waals surface area contributed by atoms with Crippen LogP contribution in [0.25, 0.3) is 5.69 Å². The molecule has 14 heteroatoms. The van der Waals surface area contributed by atoms with Crippen LogP contribution >= 0.6 is 23.1 Å². The topological polar surface area (TPSA) is 139 Å². The highest BCUT2D eigenvalue weighted by Crippen LogP contribution is 2.38. The first-order valence-corrected chi connectivity index (χ1v) is 13.9. The molecule has 0 saturated heterocycles. The second-order valence-electron chi connectivity index (χ2n) is 7.93. The number of rotatable bonds is 13. The number of hydrogen-bond donors (Lipinski definition) is 2. The molecule has 0 unspecified atom stereocenters. The first kappa shape index (κ1) is 28.7. The van der Waals surface area contributed by atoms with Gasteiger partial charge in [-0.25, -0.2) is 4.98 Å². The van der Waals surface area contributed by atoms with Gasteiger partial charge in [0.1, 0.15) is 5.75 Å². The summed E-state index contributed by atoms with van der Waals surface area (Å²) < 4.78 is 23.4. The van der Waals surface area contributed by atoms with Crippen molar-refractivity contribution in [2.75, 3.05) is 39.0 Å². The van der Waals surface area contributed by atoms with E-state index in [1.165, 1.54) is 44.4 Å². The molecule has 0 aliphatic heterocycles. The number of thiazole rings is 1. The van der Waals surface area contributed by atoms with Crippen LogP contribution in [0.2, 0.25) is 0 Å². The molecule has 0 aliphatic rings. The van der Waals surface area contributed by atoms with Gasteiger partial charge in [0.05, 0.1) is 40.2 Å². The van der Waals surface area contributed by atoms with Crippen molar-refractivity contribution >= 4 is 40.0 Å². The summed E-state index contributed by atoms with van der Waals surface area (Å²) in [5.41, 5.74) is 1.06. The summed E-state index contributed by atoms with van der Waals surface area (Å²) in [6, 6.07) is 10.5. The van der Waals surface area contributed by atoms with Crippen molar-refractivity contribution in [1.82, 2.24) is 25.1 Å². The molecule has 0 bridgehead atoms. The van der Waals surface area contributed by atoms with Gasteiger partial charge in [0.2, 0.25) is 11.7 Å². The molecule has 2 aromatic heterocycles. The van der Waals surface area contributed by atoms with Crippen molar-refractivity contribution in [1.29, 1.82) is 0 Å². The van der Waals surface area contributed by atoms with E-state index in [0.29, 0.717) is 51.3 Å². The molecule has 0 aliphatic carbocycles. The van der Waals surface area contributed by atoms with Crippen LogP contribution in [0.15, 0.2) is 53.1 Å². The molecule has 0 fully saturated rings. The number of ether oxygens (including phenoxy) is 4. The van der Waals surface area contributed by atoms with Gasteiger partial charge in [-0.1, -0.05) is 11.8 Å². The Hall–Kier alpha value is -4.30. The van der Waals surface area contributed by atoms with E-state index in [4.69, 9.17) is 18.9 Å². The number of benzene rings is 2. The molecular weight excluding hydrogens is 556 g/mol. The minimum Gasteiger partial charge on any atom is -0.494 e. The third-order valence-corrected chi connectivity index (χ3v) is 7.07. The zero-order valence-electron chi connectivity index (χ0n) is 22.3. The molecule has 0 radical (unpaired) electrons. The quantitative estimate of drug-likeness (QED) is 0.223. The predicted molar refractivity (Wildman–Crippen MR) is 151 cm³/mol. The highest BCUT2D eigenvalue weighted by atomic mass is 32.2. The number of carbonyl (C=O) groups is 2. The number of carbonyl (C=O) groups excluding carboxylic acids is 2. The first-order valence-electron chi connectivity index (χ1n) is 12.0. The minimum atomic E-state index is -0.377. The number of anilines is 1. The lowest BCUT2D eigenvalue weighted by atomic mass is 10.1. The lowest BCUT2D eigenvalue weighted by Crippen LogP contribution is -2.25. The third kappa shape index (κ3) is 6.82. The Kier molecular flexibility index (Phi) is 9.81. The summed E-state index contributed by atoms with van der Waals surface area (Å²) in [6.45, 7) is 2.51. The number of thioether (sulfide) groups is 1. The van der Waals surface area contributed by atoms with Crippen molar-refractivity contribution in [3.8, 4) is 28.7 Å². The molecule has 4 rings (SSSR count). The Morgan fingerprint density at radius 2 is 1.75 bits per heavy atom. The maximum absolute atomic E-state index is 13.1.